The van der Waals surface area contributed by atoms with Crippen LogP contribution in [0.15, 0.2) is 12.1 Å². The van der Waals surface area contributed by atoms with Crippen LogP contribution in [0.2, 0.25) is 0 Å². The van der Waals surface area contributed by atoms with Crippen molar-refractivity contribution in [3.05, 3.63) is 23.5 Å². The van der Waals surface area contributed by atoms with Gasteiger partial charge in [0.25, 0.3) is 0 Å². The van der Waals surface area contributed by atoms with Crippen LogP contribution in [0.5, 0.6) is 5.75 Å². The average Bonchev–Trinajstić information content (AvgIpc) is 2.33. The van der Waals surface area contributed by atoms with Gasteiger partial charge in [-0.2, -0.15) is 0 Å². The molecule has 0 radical (unpaired) electrons. The molecule has 0 bridgehead atoms. The van der Waals surface area contributed by atoms with Gasteiger partial charge < -0.3 is 20.1 Å². The van der Waals surface area contributed by atoms with Crippen molar-refractivity contribution < 1.29 is 20.1 Å². The van der Waals surface area contributed by atoms with E-state index in [4.69, 9.17) is 4.74 Å². The summed E-state index contributed by atoms with van der Waals surface area (Å²) >= 11 is 1.28. The molecule has 2 rings (SSSR count). The minimum Gasteiger partial charge on any atom is -0.475 e. The van der Waals surface area contributed by atoms with Crippen molar-refractivity contribution in [1.82, 2.24) is 4.98 Å². The lowest BCUT2D eigenvalue weighted by atomic mass is 10.1. The van der Waals surface area contributed by atoms with Crippen LogP contribution in [0, 0.1) is 13.8 Å². The minimum absolute atomic E-state index is 0.335. The second-order valence-corrected chi connectivity index (χ2v) is 5.54. The normalized spacial score (nSPS) is 32.3. The summed E-state index contributed by atoms with van der Waals surface area (Å²) in [5, 5.41) is 28.9. The molecule has 1 aromatic heterocycles. The molecule has 1 aromatic rings. The molecule has 3 N–H and O–H groups in total. The number of hydrogen-bond donors (Lipinski definition) is 3. The lowest BCUT2D eigenvalue weighted by Crippen LogP contribution is -2.50. The van der Waals surface area contributed by atoms with Crippen molar-refractivity contribution >= 4 is 11.8 Å². The average molecular weight is 271 g/mol. The molecule has 6 heteroatoms. The monoisotopic (exact) mass is 271 g/mol. The van der Waals surface area contributed by atoms with E-state index in [1.54, 1.807) is 6.07 Å². The third kappa shape index (κ3) is 2.77. The predicted molar refractivity (Wildman–Crippen MR) is 68.6 cm³/mol. The van der Waals surface area contributed by atoms with Crippen LogP contribution in [0.3, 0.4) is 0 Å². The van der Waals surface area contributed by atoms with E-state index in [-0.39, 0.29) is 0 Å². The van der Waals surface area contributed by atoms with E-state index in [1.165, 1.54) is 11.8 Å². The maximum absolute atomic E-state index is 9.84. The van der Waals surface area contributed by atoms with Gasteiger partial charge in [0, 0.05) is 11.4 Å². The van der Waals surface area contributed by atoms with Crippen molar-refractivity contribution in [2.45, 2.75) is 37.6 Å². The maximum Gasteiger partial charge on any atom is 0.173 e. The van der Waals surface area contributed by atoms with Gasteiger partial charge in [-0.05, 0) is 26.0 Å². The Morgan fingerprint density at radius 3 is 2.61 bits per heavy atom. The van der Waals surface area contributed by atoms with E-state index in [0.717, 1.165) is 11.4 Å². The Kier molecular flexibility index (Phi) is 4.11. The molecule has 1 fully saturated rings. The van der Waals surface area contributed by atoms with Crippen molar-refractivity contribution in [2.24, 2.45) is 0 Å². The molecule has 0 spiro atoms. The fourth-order valence-corrected chi connectivity index (χ4v) is 2.92. The molecular formula is C12H17NO4S. The standard InChI is InChI=1S/C12H17NO4S/c1-6-3-4-9(7(2)13-6)17-12-11(16)10(15)8(14)5-18-12/h3-4,8,10-12,14-16H,5H2,1-2H3/t8-,10+,11-,12-/m1/s1. The fraction of sp³-hybridized carbons (Fsp3) is 0.583. The molecular weight excluding hydrogens is 254 g/mol. The molecule has 0 amide bonds. The molecule has 0 saturated carbocycles. The summed E-state index contributed by atoms with van der Waals surface area (Å²) in [6.07, 6.45) is -3.20. The zero-order valence-electron chi connectivity index (χ0n) is 10.3. The van der Waals surface area contributed by atoms with Gasteiger partial charge in [-0.25, -0.2) is 0 Å². The van der Waals surface area contributed by atoms with Crippen LogP contribution in [-0.2, 0) is 0 Å². The number of aliphatic hydroxyl groups excluding tert-OH is 3. The molecule has 1 aliphatic rings. The molecule has 4 atom stereocenters. The Bertz CT molecular complexity index is 429. The Hall–Kier alpha value is -0.820. The first-order chi connectivity index (χ1) is 8.49. The number of pyridine rings is 1. The zero-order valence-corrected chi connectivity index (χ0v) is 11.1. The minimum atomic E-state index is -1.17. The quantitative estimate of drug-likeness (QED) is 0.714. The number of thioether (sulfide) groups is 1. The number of ether oxygens (including phenoxy) is 1. The Balaban J connectivity index is 2.09. The molecule has 0 aromatic carbocycles. The van der Waals surface area contributed by atoms with Crippen LogP contribution < -0.4 is 4.74 Å². The molecule has 100 valence electrons. The van der Waals surface area contributed by atoms with Crippen molar-refractivity contribution in [2.75, 3.05) is 5.75 Å². The third-order valence-electron chi connectivity index (χ3n) is 2.87. The van der Waals surface area contributed by atoms with Gasteiger partial charge in [0.15, 0.2) is 5.44 Å². The van der Waals surface area contributed by atoms with Gasteiger partial charge in [-0.3, -0.25) is 4.98 Å². The summed E-state index contributed by atoms with van der Waals surface area (Å²) in [6.45, 7) is 3.72. The number of hydrogen-bond acceptors (Lipinski definition) is 6. The number of aryl methyl sites for hydroxylation is 2. The molecule has 0 unspecified atom stereocenters. The SMILES string of the molecule is Cc1ccc(O[C@@H]2SC[C@@H](O)[C@H](O)[C@H]2O)c(C)n1. The summed E-state index contributed by atoms with van der Waals surface area (Å²) in [5.74, 6) is 0.919. The summed E-state index contributed by atoms with van der Waals surface area (Å²) in [7, 11) is 0. The van der Waals surface area contributed by atoms with Gasteiger partial charge in [0.05, 0.1) is 11.8 Å². The summed E-state index contributed by atoms with van der Waals surface area (Å²) in [5.41, 5.74) is 1.04. The second kappa shape index (κ2) is 5.44. The first-order valence-electron chi connectivity index (χ1n) is 5.75. The highest BCUT2D eigenvalue weighted by Crippen LogP contribution is 2.30. The highest BCUT2D eigenvalue weighted by atomic mass is 32.2. The molecule has 18 heavy (non-hydrogen) atoms. The number of rotatable bonds is 2. The number of nitrogens with zero attached hydrogens (tertiary/aromatic N) is 1. The number of aromatic nitrogens is 1. The fourth-order valence-electron chi connectivity index (χ4n) is 1.81. The first-order valence-corrected chi connectivity index (χ1v) is 6.80. The van der Waals surface area contributed by atoms with Crippen LogP contribution in [-0.4, -0.2) is 49.8 Å². The van der Waals surface area contributed by atoms with Crippen molar-refractivity contribution in [1.29, 1.82) is 0 Å². The van der Waals surface area contributed by atoms with Crippen molar-refractivity contribution in [3.8, 4) is 5.75 Å². The number of aliphatic hydroxyl groups is 3. The van der Waals surface area contributed by atoms with E-state index < -0.39 is 23.7 Å². The van der Waals surface area contributed by atoms with Gasteiger partial charge >= 0.3 is 0 Å². The van der Waals surface area contributed by atoms with E-state index in [0.29, 0.717) is 11.5 Å². The van der Waals surface area contributed by atoms with E-state index in [2.05, 4.69) is 4.98 Å². The first kappa shape index (κ1) is 13.6. The van der Waals surface area contributed by atoms with Crippen LogP contribution >= 0.6 is 11.8 Å². The summed E-state index contributed by atoms with van der Waals surface area (Å²) in [6, 6.07) is 3.62. The summed E-state index contributed by atoms with van der Waals surface area (Å²) < 4.78 is 5.65. The van der Waals surface area contributed by atoms with E-state index in [9.17, 15) is 15.3 Å². The largest absolute Gasteiger partial charge is 0.475 e. The Morgan fingerprint density at radius 2 is 1.94 bits per heavy atom. The zero-order chi connectivity index (χ0) is 13.3. The molecule has 2 heterocycles. The van der Waals surface area contributed by atoms with E-state index >= 15 is 0 Å². The highest BCUT2D eigenvalue weighted by Gasteiger charge is 2.38. The molecule has 1 aliphatic heterocycles. The Labute approximate surface area is 110 Å². The lowest BCUT2D eigenvalue weighted by Gasteiger charge is -2.34. The molecule has 1 saturated heterocycles. The van der Waals surface area contributed by atoms with Gasteiger partial charge in [-0.1, -0.05) is 0 Å². The third-order valence-corrected chi connectivity index (χ3v) is 4.11. The second-order valence-electron chi connectivity index (χ2n) is 4.40. The lowest BCUT2D eigenvalue weighted by molar-refractivity contribution is -0.0787. The smallest absolute Gasteiger partial charge is 0.173 e. The van der Waals surface area contributed by atoms with Crippen LogP contribution in [0.25, 0.3) is 0 Å². The maximum atomic E-state index is 9.84. The van der Waals surface area contributed by atoms with Gasteiger partial charge in [-0.15, -0.1) is 11.8 Å². The molecule has 5 nitrogen and oxygen atoms in total. The predicted octanol–water partition coefficient (Wildman–Crippen LogP) is 0.233. The van der Waals surface area contributed by atoms with E-state index in [1.807, 2.05) is 19.9 Å². The summed E-state index contributed by atoms with van der Waals surface area (Å²) in [4.78, 5) is 4.27. The van der Waals surface area contributed by atoms with Gasteiger partial charge in [0.1, 0.15) is 18.0 Å². The Morgan fingerprint density at radius 1 is 1.22 bits per heavy atom. The van der Waals surface area contributed by atoms with Gasteiger partial charge in [0.2, 0.25) is 0 Å². The van der Waals surface area contributed by atoms with Crippen LogP contribution in [0.4, 0.5) is 0 Å². The van der Waals surface area contributed by atoms with Crippen molar-refractivity contribution in [3.63, 3.8) is 0 Å². The highest BCUT2D eigenvalue weighted by molar-refractivity contribution is 7.99. The van der Waals surface area contributed by atoms with Crippen LogP contribution in [0.1, 0.15) is 11.4 Å². The topological polar surface area (TPSA) is 82.8 Å². The molecule has 0 aliphatic carbocycles.